The lowest BCUT2D eigenvalue weighted by Gasteiger charge is -2.37. The van der Waals surface area contributed by atoms with Gasteiger partial charge in [-0.15, -0.1) is 0 Å². The quantitative estimate of drug-likeness (QED) is 0.727. The highest BCUT2D eigenvalue weighted by molar-refractivity contribution is 4.78. The minimum Gasteiger partial charge on any atom is -0.383 e. The highest BCUT2D eigenvalue weighted by Gasteiger charge is 2.24. The average molecular weight is 244 g/mol. The zero-order valence-corrected chi connectivity index (χ0v) is 11.7. The molecule has 1 unspecified atom stereocenters. The Balaban J connectivity index is 2.36. The van der Waals surface area contributed by atoms with E-state index in [9.17, 15) is 0 Å². The third kappa shape index (κ3) is 5.82. The normalized spacial score (nSPS) is 28.2. The van der Waals surface area contributed by atoms with Crippen LogP contribution in [0.3, 0.4) is 0 Å². The predicted molar refractivity (Wildman–Crippen MR) is 70.4 cm³/mol. The van der Waals surface area contributed by atoms with Gasteiger partial charge in [0.05, 0.1) is 18.8 Å². The minimum absolute atomic E-state index is 0.341. The lowest BCUT2D eigenvalue weighted by molar-refractivity contribution is -0.0713. The van der Waals surface area contributed by atoms with E-state index in [0.29, 0.717) is 18.2 Å². The predicted octanol–water partition coefficient (Wildman–Crippen LogP) is 1.11. The molecule has 1 N–H and O–H groups in total. The monoisotopic (exact) mass is 244 g/mol. The van der Waals surface area contributed by atoms with Crippen LogP contribution in [0.2, 0.25) is 0 Å². The van der Waals surface area contributed by atoms with Crippen molar-refractivity contribution in [2.75, 3.05) is 39.9 Å². The summed E-state index contributed by atoms with van der Waals surface area (Å²) in [4.78, 5) is 2.48. The summed E-state index contributed by atoms with van der Waals surface area (Å²) in [5.74, 6) is 0. The highest BCUT2D eigenvalue weighted by Crippen LogP contribution is 2.10. The Morgan fingerprint density at radius 2 is 2.00 bits per heavy atom. The first-order chi connectivity index (χ1) is 8.15. The molecule has 0 aromatic rings. The van der Waals surface area contributed by atoms with Crippen molar-refractivity contribution in [2.45, 2.75) is 45.4 Å². The first-order valence-electron chi connectivity index (χ1n) is 6.75. The molecule has 0 radical (unpaired) electrons. The Hall–Kier alpha value is -0.160. The third-order valence-corrected chi connectivity index (χ3v) is 3.02. The zero-order valence-electron chi connectivity index (χ0n) is 11.7. The number of morpholine rings is 1. The second-order valence-corrected chi connectivity index (χ2v) is 5.08. The van der Waals surface area contributed by atoms with Gasteiger partial charge in [0, 0.05) is 32.8 Å². The lowest BCUT2D eigenvalue weighted by atomic mass is 10.2. The van der Waals surface area contributed by atoms with Gasteiger partial charge in [-0.1, -0.05) is 6.92 Å². The van der Waals surface area contributed by atoms with E-state index in [1.807, 2.05) is 0 Å². The van der Waals surface area contributed by atoms with Crippen molar-refractivity contribution in [3.05, 3.63) is 0 Å². The molecule has 1 aliphatic rings. The summed E-state index contributed by atoms with van der Waals surface area (Å²) >= 11 is 0. The second-order valence-electron chi connectivity index (χ2n) is 5.08. The summed E-state index contributed by atoms with van der Waals surface area (Å²) in [6, 6.07) is 0.428. The molecular formula is C13H28N2O2. The van der Waals surface area contributed by atoms with Crippen molar-refractivity contribution in [3.8, 4) is 0 Å². The Morgan fingerprint density at radius 3 is 2.53 bits per heavy atom. The van der Waals surface area contributed by atoms with E-state index in [-0.39, 0.29) is 0 Å². The summed E-state index contributed by atoms with van der Waals surface area (Å²) in [7, 11) is 1.77. The van der Waals surface area contributed by atoms with Crippen LogP contribution < -0.4 is 5.32 Å². The van der Waals surface area contributed by atoms with Crippen LogP contribution in [-0.4, -0.2) is 63.0 Å². The molecule has 3 atom stereocenters. The fourth-order valence-corrected chi connectivity index (χ4v) is 2.47. The molecule has 0 amide bonds. The maximum Gasteiger partial charge on any atom is 0.0678 e. The Morgan fingerprint density at radius 1 is 1.35 bits per heavy atom. The van der Waals surface area contributed by atoms with Crippen molar-refractivity contribution < 1.29 is 9.47 Å². The van der Waals surface area contributed by atoms with Crippen molar-refractivity contribution in [1.29, 1.82) is 0 Å². The van der Waals surface area contributed by atoms with Gasteiger partial charge in [-0.05, 0) is 26.8 Å². The van der Waals surface area contributed by atoms with E-state index in [0.717, 1.165) is 39.2 Å². The Kier molecular flexibility index (Phi) is 7.04. The van der Waals surface area contributed by atoms with E-state index >= 15 is 0 Å². The molecule has 0 bridgehead atoms. The van der Waals surface area contributed by atoms with Gasteiger partial charge in [-0.3, -0.25) is 4.90 Å². The summed E-state index contributed by atoms with van der Waals surface area (Å²) in [6.45, 7) is 11.4. The van der Waals surface area contributed by atoms with Gasteiger partial charge < -0.3 is 14.8 Å². The minimum atomic E-state index is 0.341. The molecule has 102 valence electrons. The smallest absolute Gasteiger partial charge is 0.0678 e. The van der Waals surface area contributed by atoms with Crippen LogP contribution in [0.25, 0.3) is 0 Å². The van der Waals surface area contributed by atoms with E-state index < -0.39 is 0 Å². The number of nitrogens with zero attached hydrogens (tertiary/aromatic N) is 1. The van der Waals surface area contributed by atoms with Gasteiger partial charge in [0.2, 0.25) is 0 Å². The molecule has 0 spiro atoms. The molecule has 1 heterocycles. The van der Waals surface area contributed by atoms with Crippen LogP contribution in [0.4, 0.5) is 0 Å². The van der Waals surface area contributed by atoms with Crippen LogP contribution in [0.1, 0.15) is 27.2 Å². The zero-order chi connectivity index (χ0) is 12.7. The van der Waals surface area contributed by atoms with Crippen LogP contribution in [0.5, 0.6) is 0 Å². The molecule has 1 aliphatic heterocycles. The molecular weight excluding hydrogens is 216 g/mol. The summed E-state index contributed by atoms with van der Waals surface area (Å²) in [5, 5.41) is 3.54. The molecule has 0 aliphatic carbocycles. The SMILES string of the molecule is CCCNC(COC)CN1C[C@@H](C)O[C@@H](C)C1. The van der Waals surface area contributed by atoms with Gasteiger partial charge in [0.25, 0.3) is 0 Å². The first-order valence-corrected chi connectivity index (χ1v) is 6.75. The molecule has 0 aromatic carbocycles. The van der Waals surface area contributed by atoms with Crippen molar-refractivity contribution in [3.63, 3.8) is 0 Å². The van der Waals surface area contributed by atoms with Gasteiger partial charge in [0.1, 0.15) is 0 Å². The average Bonchev–Trinajstić information content (AvgIpc) is 2.24. The first kappa shape index (κ1) is 14.9. The van der Waals surface area contributed by atoms with Crippen LogP contribution in [0.15, 0.2) is 0 Å². The standard InChI is InChI=1S/C13H28N2O2/c1-5-6-14-13(10-16-4)9-15-7-11(2)17-12(3)8-15/h11-14H,5-10H2,1-4H3/t11-,12+,13?. The molecule has 4 nitrogen and oxygen atoms in total. The number of nitrogens with one attached hydrogen (secondary N) is 1. The molecule has 17 heavy (non-hydrogen) atoms. The lowest BCUT2D eigenvalue weighted by Crippen LogP contribution is -2.51. The summed E-state index contributed by atoms with van der Waals surface area (Å²) in [5.41, 5.74) is 0. The van der Waals surface area contributed by atoms with E-state index in [2.05, 4.69) is 31.0 Å². The largest absolute Gasteiger partial charge is 0.383 e. The Labute approximate surface area is 106 Å². The molecule has 1 saturated heterocycles. The van der Waals surface area contributed by atoms with E-state index in [1.54, 1.807) is 7.11 Å². The topological polar surface area (TPSA) is 33.7 Å². The van der Waals surface area contributed by atoms with E-state index in [4.69, 9.17) is 9.47 Å². The van der Waals surface area contributed by atoms with E-state index in [1.165, 1.54) is 0 Å². The summed E-state index contributed by atoms with van der Waals surface area (Å²) < 4.78 is 11.0. The number of ether oxygens (including phenoxy) is 2. The van der Waals surface area contributed by atoms with Gasteiger partial charge in [-0.2, -0.15) is 0 Å². The second kappa shape index (κ2) is 8.03. The van der Waals surface area contributed by atoms with Gasteiger partial charge >= 0.3 is 0 Å². The number of rotatable bonds is 7. The molecule has 0 aromatic heterocycles. The molecule has 1 rings (SSSR count). The van der Waals surface area contributed by atoms with Crippen molar-refractivity contribution in [2.24, 2.45) is 0 Å². The fourth-order valence-electron chi connectivity index (χ4n) is 2.47. The van der Waals surface area contributed by atoms with Gasteiger partial charge in [0.15, 0.2) is 0 Å². The number of methoxy groups -OCH3 is 1. The van der Waals surface area contributed by atoms with Crippen LogP contribution in [-0.2, 0) is 9.47 Å². The maximum absolute atomic E-state index is 5.75. The fraction of sp³-hybridized carbons (Fsp3) is 1.00. The van der Waals surface area contributed by atoms with Crippen LogP contribution >= 0.6 is 0 Å². The highest BCUT2D eigenvalue weighted by atomic mass is 16.5. The van der Waals surface area contributed by atoms with Gasteiger partial charge in [-0.25, -0.2) is 0 Å². The number of hydrogen-bond acceptors (Lipinski definition) is 4. The van der Waals surface area contributed by atoms with Crippen molar-refractivity contribution >= 4 is 0 Å². The number of hydrogen-bond donors (Lipinski definition) is 1. The van der Waals surface area contributed by atoms with Crippen LogP contribution in [0, 0.1) is 0 Å². The molecule has 1 fully saturated rings. The maximum atomic E-state index is 5.75. The van der Waals surface area contributed by atoms with Crippen molar-refractivity contribution in [1.82, 2.24) is 10.2 Å². The summed E-state index contributed by atoms with van der Waals surface area (Å²) in [6.07, 6.45) is 1.84. The molecule has 4 heteroatoms. The third-order valence-electron chi connectivity index (χ3n) is 3.02. The Bertz CT molecular complexity index is 192. The molecule has 0 saturated carbocycles.